The number of sulfone groups is 1. The van der Waals surface area contributed by atoms with E-state index < -0.39 is 56.0 Å². The Kier molecular flexibility index (Phi) is 9.75. The van der Waals surface area contributed by atoms with Gasteiger partial charge >= 0.3 is 12.2 Å². The van der Waals surface area contributed by atoms with Gasteiger partial charge in [-0.25, -0.2) is 22.4 Å². The van der Waals surface area contributed by atoms with E-state index >= 15 is 4.39 Å². The van der Waals surface area contributed by atoms with Crippen molar-refractivity contribution in [1.29, 1.82) is 0 Å². The lowest BCUT2D eigenvalue weighted by Gasteiger charge is -2.27. The van der Waals surface area contributed by atoms with Gasteiger partial charge in [-0.15, -0.1) is 0 Å². The highest BCUT2D eigenvalue weighted by atomic mass is 32.2. The number of halogens is 1. The Balaban J connectivity index is 1.35. The summed E-state index contributed by atoms with van der Waals surface area (Å²) in [7, 11) is -3.06. The highest BCUT2D eigenvalue weighted by molar-refractivity contribution is 7.91. The summed E-state index contributed by atoms with van der Waals surface area (Å²) in [5.74, 6) is -2.17. The van der Waals surface area contributed by atoms with Crippen molar-refractivity contribution in [1.82, 2.24) is 20.4 Å². The van der Waals surface area contributed by atoms with Crippen molar-refractivity contribution >= 4 is 33.6 Å². The number of methoxy groups -OCH3 is 1. The van der Waals surface area contributed by atoms with Gasteiger partial charge in [-0.05, 0) is 82.7 Å². The van der Waals surface area contributed by atoms with Gasteiger partial charge in [0.1, 0.15) is 23.2 Å². The molecular formula is C34H40FN5O9S. The van der Waals surface area contributed by atoms with Crippen molar-refractivity contribution in [3.05, 3.63) is 53.7 Å². The van der Waals surface area contributed by atoms with Gasteiger partial charge in [-0.1, -0.05) is 17.3 Å². The quantitative estimate of drug-likeness (QED) is 0.351. The molecule has 6 rings (SSSR count). The van der Waals surface area contributed by atoms with Crippen molar-refractivity contribution in [3.8, 4) is 17.1 Å². The molecule has 268 valence electrons. The molecule has 3 amide bonds. The van der Waals surface area contributed by atoms with Crippen LogP contribution in [0.5, 0.6) is 5.75 Å². The van der Waals surface area contributed by atoms with Crippen molar-refractivity contribution in [2.75, 3.05) is 30.9 Å². The lowest BCUT2D eigenvalue weighted by atomic mass is 10.1. The maximum Gasteiger partial charge on any atom is 0.409 e. The second kappa shape index (κ2) is 13.9. The van der Waals surface area contributed by atoms with Crippen LogP contribution in [0.4, 0.5) is 19.7 Å². The summed E-state index contributed by atoms with van der Waals surface area (Å²) in [5, 5.41) is 6.37. The zero-order valence-corrected chi connectivity index (χ0v) is 29.1. The van der Waals surface area contributed by atoms with Crippen LogP contribution in [0.15, 0.2) is 45.8 Å². The first-order valence-corrected chi connectivity index (χ1v) is 18.2. The van der Waals surface area contributed by atoms with E-state index in [4.69, 9.17) is 18.7 Å². The minimum atomic E-state index is -4.35. The molecule has 1 saturated carbocycles. The second-order valence-electron chi connectivity index (χ2n) is 13.7. The third-order valence-corrected chi connectivity index (χ3v) is 10.6. The summed E-state index contributed by atoms with van der Waals surface area (Å²) in [4.78, 5) is 45.6. The molecule has 1 saturated heterocycles. The van der Waals surface area contributed by atoms with Gasteiger partial charge in [0, 0.05) is 13.1 Å². The first kappa shape index (κ1) is 35.1. The summed E-state index contributed by atoms with van der Waals surface area (Å²) < 4.78 is 65.0. The molecule has 3 aromatic rings. The van der Waals surface area contributed by atoms with E-state index in [-0.39, 0.29) is 48.1 Å². The number of nitrogens with one attached hydrogen (secondary N) is 1. The monoisotopic (exact) mass is 713 g/mol. The van der Waals surface area contributed by atoms with Gasteiger partial charge in [0.2, 0.25) is 11.7 Å². The standard InChI is InChI=1S/C34H40FN5O9S/c1-34(2,3)48-32(42)36-26-19-50(44,45)28-16-25(35)24(29-37-30(49-38-29)21-13-14-39(18-21)33(43)46-4)15-27(28)40(31(26)41)17-20-9-11-23(12-10-20)47-22-7-5-6-8-22/h9-12,15-16,21-22,26H,5-8,13-14,17-19H2,1-4H3,(H,36,42)/t21?,26-/m0/s1. The number of aromatic nitrogens is 2. The zero-order chi connectivity index (χ0) is 35.8. The van der Waals surface area contributed by atoms with Gasteiger partial charge in [-0.2, -0.15) is 4.98 Å². The van der Waals surface area contributed by atoms with Crippen LogP contribution in [0.2, 0.25) is 0 Å². The first-order chi connectivity index (χ1) is 23.7. The molecule has 50 heavy (non-hydrogen) atoms. The first-order valence-electron chi connectivity index (χ1n) is 16.5. The van der Waals surface area contributed by atoms with E-state index in [1.54, 1.807) is 45.0 Å². The number of benzene rings is 2. The number of alkyl carbamates (subject to hydrolysis) is 1. The van der Waals surface area contributed by atoms with E-state index in [9.17, 15) is 22.8 Å². The molecule has 2 atom stereocenters. The number of amides is 3. The Bertz CT molecular complexity index is 1870. The minimum Gasteiger partial charge on any atom is -0.490 e. The summed E-state index contributed by atoms with van der Waals surface area (Å²) in [6.45, 7) is 5.45. The Morgan fingerprint density at radius 1 is 1.10 bits per heavy atom. The number of rotatable bonds is 7. The largest absolute Gasteiger partial charge is 0.490 e. The lowest BCUT2D eigenvalue weighted by molar-refractivity contribution is -0.120. The van der Waals surface area contributed by atoms with Crippen LogP contribution < -0.4 is 15.0 Å². The predicted octanol–water partition coefficient (Wildman–Crippen LogP) is 4.97. The molecule has 3 heterocycles. The van der Waals surface area contributed by atoms with Crippen molar-refractivity contribution < 1.29 is 45.9 Å². The molecule has 2 fully saturated rings. The SMILES string of the molecule is COC(=O)N1CCC(c2nc(-c3cc4c(cc3F)S(=O)(=O)C[C@H](NC(=O)OC(C)(C)C)C(=O)N4Cc3ccc(OC4CCCC4)cc3)no2)C1. The molecule has 0 radical (unpaired) electrons. The number of anilines is 1. The average Bonchev–Trinajstić information content (AvgIpc) is 3.84. The van der Waals surface area contributed by atoms with Crippen LogP contribution in [-0.2, 0) is 30.7 Å². The molecule has 1 N–H and O–H groups in total. The number of hydrogen-bond donors (Lipinski definition) is 1. The van der Waals surface area contributed by atoms with Crippen LogP contribution in [0.1, 0.15) is 70.2 Å². The Labute approximate surface area is 289 Å². The summed E-state index contributed by atoms with van der Waals surface area (Å²) in [5.41, 5.74) is -0.606. The molecule has 16 heteroatoms. The molecule has 0 bridgehead atoms. The fraction of sp³-hybridized carbons (Fsp3) is 0.500. The molecule has 3 aliphatic rings. The fourth-order valence-corrected chi connectivity index (χ4v) is 8.02. The number of ether oxygens (including phenoxy) is 3. The summed E-state index contributed by atoms with van der Waals surface area (Å²) in [6, 6.07) is 7.59. The fourth-order valence-electron chi connectivity index (χ4n) is 6.40. The van der Waals surface area contributed by atoms with Crippen molar-refractivity contribution in [3.63, 3.8) is 0 Å². The van der Waals surface area contributed by atoms with Gasteiger partial charge in [0.15, 0.2) is 9.84 Å². The van der Waals surface area contributed by atoms with Crippen LogP contribution in [-0.4, -0.2) is 85.3 Å². The maximum atomic E-state index is 15.8. The van der Waals surface area contributed by atoms with Gasteiger partial charge in [0.25, 0.3) is 5.91 Å². The molecular weight excluding hydrogens is 673 g/mol. The van der Waals surface area contributed by atoms with Gasteiger partial charge in [-0.3, -0.25) is 4.79 Å². The smallest absolute Gasteiger partial charge is 0.409 e. The molecule has 2 aliphatic heterocycles. The Morgan fingerprint density at radius 2 is 1.82 bits per heavy atom. The van der Waals surface area contributed by atoms with Gasteiger partial charge < -0.3 is 33.9 Å². The zero-order valence-electron chi connectivity index (χ0n) is 28.3. The number of fused-ring (bicyclic) bond motifs is 1. The third-order valence-electron chi connectivity index (χ3n) is 8.84. The molecule has 1 unspecified atom stereocenters. The number of likely N-dealkylation sites (tertiary alicyclic amines) is 1. The number of hydrogen-bond acceptors (Lipinski definition) is 11. The van der Waals surface area contributed by atoms with E-state index in [0.29, 0.717) is 24.3 Å². The van der Waals surface area contributed by atoms with Crippen LogP contribution >= 0.6 is 0 Å². The number of carbonyl (C=O) groups is 3. The van der Waals surface area contributed by atoms with Crippen molar-refractivity contribution in [2.24, 2.45) is 0 Å². The lowest BCUT2D eigenvalue weighted by Crippen LogP contribution is -2.51. The third kappa shape index (κ3) is 7.69. The second-order valence-corrected chi connectivity index (χ2v) is 15.7. The summed E-state index contributed by atoms with van der Waals surface area (Å²) in [6.07, 6.45) is 3.37. The number of nitrogens with zero attached hydrogens (tertiary/aromatic N) is 4. The van der Waals surface area contributed by atoms with Gasteiger partial charge in [0.05, 0.1) is 47.6 Å². The highest BCUT2D eigenvalue weighted by Crippen LogP contribution is 2.38. The van der Waals surface area contributed by atoms with Crippen LogP contribution in [0.25, 0.3) is 11.4 Å². The Hall–Kier alpha value is -4.73. The topological polar surface area (TPSA) is 170 Å². The van der Waals surface area contributed by atoms with E-state index in [2.05, 4.69) is 15.5 Å². The Morgan fingerprint density at radius 3 is 2.50 bits per heavy atom. The minimum absolute atomic E-state index is 0.116. The molecule has 1 aliphatic carbocycles. The van der Waals surface area contributed by atoms with Crippen LogP contribution in [0.3, 0.4) is 0 Å². The van der Waals surface area contributed by atoms with Crippen LogP contribution in [0, 0.1) is 5.82 Å². The van der Waals surface area contributed by atoms with E-state index in [1.165, 1.54) is 23.0 Å². The molecule has 14 nitrogen and oxygen atoms in total. The van der Waals surface area contributed by atoms with E-state index in [1.807, 2.05) is 0 Å². The summed E-state index contributed by atoms with van der Waals surface area (Å²) >= 11 is 0. The molecule has 1 aromatic heterocycles. The maximum absolute atomic E-state index is 15.8. The predicted molar refractivity (Wildman–Crippen MR) is 177 cm³/mol. The molecule has 0 spiro atoms. The average molecular weight is 714 g/mol. The van der Waals surface area contributed by atoms with E-state index in [0.717, 1.165) is 31.7 Å². The normalized spacial score (nSPS) is 20.7. The van der Waals surface area contributed by atoms with Crippen molar-refractivity contribution in [2.45, 2.75) is 88.0 Å². The molecule has 2 aromatic carbocycles. The number of carbonyl (C=O) groups excluding carboxylic acids is 3. The highest BCUT2D eigenvalue weighted by Gasteiger charge is 2.41.